The lowest BCUT2D eigenvalue weighted by Gasteiger charge is -2.13. The predicted molar refractivity (Wildman–Crippen MR) is 101 cm³/mol. The Morgan fingerprint density at radius 1 is 1.08 bits per heavy atom. The van der Waals surface area contributed by atoms with Crippen LogP contribution in [0.4, 0.5) is 0 Å². The van der Waals surface area contributed by atoms with Gasteiger partial charge in [0.2, 0.25) is 0 Å². The summed E-state index contributed by atoms with van der Waals surface area (Å²) in [5, 5.41) is 9.75. The van der Waals surface area contributed by atoms with Gasteiger partial charge in [-0.2, -0.15) is 0 Å². The van der Waals surface area contributed by atoms with E-state index in [1.165, 1.54) is 42.4 Å². The summed E-state index contributed by atoms with van der Waals surface area (Å²) in [6.07, 6.45) is 4.90. The standard InChI is InChI=1S/C20H25N3OS/c1-11-9-17(14(4)13(3)12(11)2)18(24)10-25-20-22-21-19(15-5-6-15)23(20)16-7-8-16/h9,15-16H,5-8,10H2,1-4H3. The van der Waals surface area contributed by atoms with E-state index in [1.54, 1.807) is 11.8 Å². The number of carbonyl (C=O) groups is 1. The molecule has 2 aromatic rings. The second-order valence-corrected chi connectivity index (χ2v) is 8.49. The van der Waals surface area contributed by atoms with Crippen molar-refractivity contribution in [2.45, 2.75) is 70.5 Å². The van der Waals surface area contributed by atoms with Gasteiger partial charge in [0, 0.05) is 17.5 Å². The van der Waals surface area contributed by atoms with E-state index in [-0.39, 0.29) is 5.78 Å². The van der Waals surface area contributed by atoms with Crippen molar-refractivity contribution in [2.24, 2.45) is 0 Å². The van der Waals surface area contributed by atoms with Gasteiger partial charge in [-0.1, -0.05) is 11.8 Å². The third kappa shape index (κ3) is 3.14. The Morgan fingerprint density at radius 2 is 1.80 bits per heavy atom. The third-order valence-corrected chi connectivity index (χ3v) is 6.60. The molecule has 2 saturated carbocycles. The molecule has 4 nitrogen and oxygen atoms in total. The molecule has 4 rings (SSSR count). The molecule has 0 radical (unpaired) electrons. The molecule has 2 aliphatic rings. The van der Waals surface area contributed by atoms with Crippen molar-refractivity contribution >= 4 is 17.5 Å². The Balaban J connectivity index is 1.53. The lowest BCUT2D eigenvalue weighted by Crippen LogP contribution is -2.09. The van der Waals surface area contributed by atoms with Gasteiger partial charge in [0.25, 0.3) is 0 Å². The zero-order valence-corrected chi connectivity index (χ0v) is 16.2. The summed E-state index contributed by atoms with van der Waals surface area (Å²) >= 11 is 1.55. The molecule has 0 spiro atoms. The molecule has 1 aromatic heterocycles. The molecular weight excluding hydrogens is 330 g/mol. The largest absolute Gasteiger partial charge is 0.303 e. The highest BCUT2D eigenvalue weighted by Crippen LogP contribution is 2.46. The van der Waals surface area contributed by atoms with Crippen LogP contribution in [0.2, 0.25) is 0 Å². The van der Waals surface area contributed by atoms with Gasteiger partial charge < -0.3 is 4.57 Å². The fourth-order valence-electron chi connectivity index (χ4n) is 3.39. The number of hydrogen-bond donors (Lipinski definition) is 0. The van der Waals surface area contributed by atoms with Crippen molar-refractivity contribution in [3.8, 4) is 0 Å². The van der Waals surface area contributed by atoms with Gasteiger partial charge in [-0.25, -0.2) is 0 Å². The van der Waals surface area contributed by atoms with Crippen LogP contribution in [0.5, 0.6) is 0 Å². The molecule has 1 aromatic carbocycles. The zero-order chi connectivity index (χ0) is 17.7. The van der Waals surface area contributed by atoms with Gasteiger partial charge in [-0.05, 0) is 81.7 Å². The lowest BCUT2D eigenvalue weighted by molar-refractivity contribution is 0.102. The minimum Gasteiger partial charge on any atom is -0.303 e. The van der Waals surface area contributed by atoms with Gasteiger partial charge in [0.05, 0.1) is 5.75 Å². The van der Waals surface area contributed by atoms with Gasteiger partial charge >= 0.3 is 0 Å². The van der Waals surface area contributed by atoms with Crippen molar-refractivity contribution in [1.82, 2.24) is 14.8 Å². The van der Waals surface area contributed by atoms with Gasteiger partial charge in [0.15, 0.2) is 10.9 Å². The fourth-order valence-corrected chi connectivity index (χ4v) is 4.29. The molecule has 0 amide bonds. The normalized spacial score (nSPS) is 17.1. The molecule has 2 aliphatic carbocycles. The first-order chi connectivity index (χ1) is 12.0. The highest BCUT2D eigenvalue weighted by molar-refractivity contribution is 7.99. The zero-order valence-electron chi connectivity index (χ0n) is 15.4. The van der Waals surface area contributed by atoms with E-state index in [0.717, 1.165) is 22.1 Å². The first-order valence-electron chi connectivity index (χ1n) is 9.15. The molecule has 25 heavy (non-hydrogen) atoms. The SMILES string of the molecule is Cc1cc(C(=O)CSc2nnc(C3CC3)n2C2CC2)c(C)c(C)c1C. The quantitative estimate of drug-likeness (QED) is 0.557. The Morgan fingerprint density at radius 3 is 2.44 bits per heavy atom. The Kier molecular flexibility index (Phi) is 4.22. The van der Waals surface area contributed by atoms with E-state index in [9.17, 15) is 4.79 Å². The summed E-state index contributed by atoms with van der Waals surface area (Å²) in [6.45, 7) is 8.36. The van der Waals surface area contributed by atoms with Crippen molar-refractivity contribution in [3.05, 3.63) is 39.7 Å². The first kappa shape index (κ1) is 16.8. The minimum absolute atomic E-state index is 0.187. The number of hydrogen-bond acceptors (Lipinski definition) is 4. The van der Waals surface area contributed by atoms with E-state index in [1.807, 2.05) is 6.07 Å². The second-order valence-electron chi connectivity index (χ2n) is 7.54. The highest BCUT2D eigenvalue weighted by atomic mass is 32.2. The van der Waals surface area contributed by atoms with Crippen LogP contribution in [0.25, 0.3) is 0 Å². The topological polar surface area (TPSA) is 47.8 Å². The summed E-state index contributed by atoms with van der Waals surface area (Å²) in [6, 6.07) is 2.61. The summed E-state index contributed by atoms with van der Waals surface area (Å²) in [7, 11) is 0. The van der Waals surface area contributed by atoms with E-state index in [0.29, 0.717) is 17.7 Å². The molecule has 0 bridgehead atoms. The Bertz CT molecular complexity index is 847. The van der Waals surface area contributed by atoms with Crippen LogP contribution < -0.4 is 0 Å². The van der Waals surface area contributed by atoms with E-state index >= 15 is 0 Å². The maximum absolute atomic E-state index is 12.8. The maximum Gasteiger partial charge on any atom is 0.191 e. The average molecular weight is 356 g/mol. The molecular formula is C20H25N3OS. The van der Waals surface area contributed by atoms with Crippen LogP contribution in [0.1, 0.15) is 76.1 Å². The lowest BCUT2D eigenvalue weighted by atomic mass is 9.93. The van der Waals surface area contributed by atoms with Crippen LogP contribution in [0, 0.1) is 27.7 Å². The van der Waals surface area contributed by atoms with Crippen molar-refractivity contribution < 1.29 is 4.79 Å². The van der Waals surface area contributed by atoms with Crippen molar-refractivity contribution in [2.75, 3.05) is 5.75 Å². The third-order valence-electron chi connectivity index (χ3n) is 5.66. The number of ketones is 1. The number of aryl methyl sites for hydroxylation is 1. The number of Topliss-reactive ketones (excluding diaryl/α,β-unsaturated/α-hetero) is 1. The fraction of sp³-hybridized carbons (Fsp3) is 0.550. The molecule has 0 saturated heterocycles. The molecule has 0 unspecified atom stereocenters. The highest BCUT2D eigenvalue weighted by Gasteiger charge is 2.36. The summed E-state index contributed by atoms with van der Waals surface area (Å²) in [4.78, 5) is 12.8. The molecule has 0 aliphatic heterocycles. The van der Waals surface area contributed by atoms with Crippen molar-refractivity contribution in [3.63, 3.8) is 0 Å². The van der Waals surface area contributed by atoms with Crippen LogP contribution in [0.3, 0.4) is 0 Å². The van der Waals surface area contributed by atoms with Crippen molar-refractivity contribution in [1.29, 1.82) is 0 Å². The molecule has 0 atom stereocenters. The number of nitrogens with zero attached hydrogens (tertiary/aromatic N) is 3. The number of rotatable bonds is 6. The maximum atomic E-state index is 12.8. The molecule has 5 heteroatoms. The van der Waals surface area contributed by atoms with E-state index in [4.69, 9.17) is 0 Å². The van der Waals surface area contributed by atoms with E-state index in [2.05, 4.69) is 42.5 Å². The monoisotopic (exact) mass is 355 g/mol. The summed E-state index contributed by atoms with van der Waals surface area (Å²) in [5.74, 6) is 2.36. The number of benzene rings is 1. The molecule has 1 heterocycles. The Labute approximate surface area is 153 Å². The van der Waals surface area contributed by atoms with E-state index < -0.39 is 0 Å². The number of thioether (sulfide) groups is 1. The van der Waals surface area contributed by atoms with Gasteiger partial charge in [-0.3, -0.25) is 4.79 Å². The second kappa shape index (κ2) is 6.27. The van der Waals surface area contributed by atoms with Gasteiger partial charge in [-0.15, -0.1) is 10.2 Å². The Hall–Kier alpha value is -1.62. The minimum atomic E-state index is 0.187. The molecule has 132 valence electrons. The predicted octanol–water partition coefficient (Wildman–Crippen LogP) is 4.70. The summed E-state index contributed by atoms with van der Waals surface area (Å²) in [5.41, 5.74) is 5.66. The van der Waals surface area contributed by atoms with Crippen LogP contribution in [0.15, 0.2) is 11.2 Å². The summed E-state index contributed by atoms with van der Waals surface area (Å²) < 4.78 is 2.31. The average Bonchev–Trinajstić information content (AvgIpc) is 3.52. The van der Waals surface area contributed by atoms with Gasteiger partial charge in [0.1, 0.15) is 5.82 Å². The molecule has 0 N–H and O–H groups in total. The molecule has 2 fully saturated rings. The number of aromatic nitrogens is 3. The van der Waals surface area contributed by atoms with Crippen LogP contribution >= 0.6 is 11.8 Å². The number of carbonyl (C=O) groups excluding carboxylic acids is 1. The van der Waals surface area contributed by atoms with Crippen LogP contribution in [-0.4, -0.2) is 26.3 Å². The first-order valence-corrected chi connectivity index (χ1v) is 10.1. The van der Waals surface area contributed by atoms with Crippen LogP contribution in [-0.2, 0) is 0 Å². The smallest absolute Gasteiger partial charge is 0.191 e.